The predicted molar refractivity (Wildman–Crippen MR) is 144 cm³/mol. The highest BCUT2D eigenvalue weighted by atomic mass is 35.5. The monoisotopic (exact) mass is 526 g/mol. The van der Waals surface area contributed by atoms with E-state index in [-0.39, 0.29) is 35.4 Å². The second kappa shape index (κ2) is 13.1. The summed E-state index contributed by atoms with van der Waals surface area (Å²) in [5, 5.41) is 22.3. The van der Waals surface area contributed by atoms with E-state index in [2.05, 4.69) is 17.2 Å². The molecule has 0 bridgehead atoms. The van der Waals surface area contributed by atoms with Crippen LogP contribution in [0.1, 0.15) is 30.5 Å². The van der Waals surface area contributed by atoms with Crippen molar-refractivity contribution in [1.29, 1.82) is 5.41 Å². The normalized spacial score (nSPS) is 12.1. The minimum atomic E-state index is -1.03. The van der Waals surface area contributed by atoms with Gasteiger partial charge < -0.3 is 27.2 Å². The fraction of sp³-hybridized carbons (Fsp3) is 0.231. The van der Waals surface area contributed by atoms with Gasteiger partial charge in [0.25, 0.3) is 5.91 Å². The molecule has 1 unspecified atom stereocenters. The van der Waals surface area contributed by atoms with E-state index in [0.717, 1.165) is 5.56 Å². The molecule has 196 valence electrons. The number of halogens is 1. The van der Waals surface area contributed by atoms with Crippen molar-refractivity contribution < 1.29 is 19.5 Å². The van der Waals surface area contributed by atoms with Crippen molar-refractivity contribution in [2.45, 2.75) is 20.4 Å². The van der Waals surface area contributed by atoms with Gasteiger partial charge in [-0.15, -0.1) is 0 Å². The highest BCUT2D eigenvalue weighted by Gasteiger charge is 2.26. The van der Waals surface area contributed by atoms with Crippen LogP contribution in [0.2, 0.25) is 0 Å². The minimum Gasteiger partial charge on any atom is -0.481 e. The lowest BCUT2D eigenvalue weighted by Crippen LogP contribution is -2.42. The van der Waals surface area contributed by atoms with Crippen LogP contribution in [0.5, 0.6) is 0 Å². The van der Waals surface area contributed by atoms with Gasteiger partial charge in [0.1, 0.15) is 12.4 Å². The van der Waals surface area contributed by atoms with E-state index in [1.54, 1.807) is 55.5 Å². The summed E-state index contributed by atoms with van der Waals surface area (Å²) < 4.78 is 0. The number of hydrogen-bond donors (Lipinski definition) is 6. The largest absolute Gasteiger partial charge is 0.481 e. The van der Waals surface area contributed by atoms with Crippen molar-refractivity contribution in [3.63, 3.8) is 0 Å². The van der Waals surface area contributed by atoms with Gasteiger partial charge in [0.15, 0.2) is 0 Å². The third kappa shape index (κ3) is 8.39. The van der Waals surface area contributed by atoms with Crippen LogP contribution in [0.3, 0.4) is 0 Å². The second-order valence-electron chi connectivity index (χ2n) is 8.38. The maximum Gasteiger partial charge on any atom is 0.308 e. The summed E-state index contributed by atoms with van der Waals surface area (Å²) in [5.41, 5.74) is 13.8. The first-order valence-corrected chi connectivity index (χ1v) is 11.7. The van der Waals surface area contributed by atoms with Crippen LogP contribution in [-0.2, 0) is 20.9 Å². The zero-order chi connectivity index (χ0) is 27.7. The summed E-state index contributed by atoms with van der Waals surface area (Å²) in [7, 11) is 0. The molecule has 0 aliphatic heterocycles. The zero-order valence-electron chi connectivity index (χ0n) is 20.7. The van der Waals surface area contributed by atoms with Crippen molar-refractivity contribution >= 4 is 46.6 Å². The Balaban J connectivity index is 2.28. The molecule has 1 atom stereocenters. The molecule has 0 spiro atoms. The fourth-order valence-corrected chi connectivity index (χ4v) is 3.49. The molecule has 10 nitrogen and oxygen atoms in total. The average Bonchev–Trinajstić information content (AvgIpc) is 2.84. The van der Waals surface area contributed by atoms with Crippen LogP contribution in [0, 0.1) is 11.3 Å². The number of anilines is 1. The minimum absolute atomic E-state index is 0.0343. The van der Waals surface area contributed by atoms with Crippen molar-refractivity contribution in [1.82, 2.24) is 15.5 Å². The van der Waals surface area contributed by atoms with Crippen molar-refractivity contribution in [2.75, 3.05) is 18.8 Å². The van der Waals surface area contributed by atoms with E-state index in [1.807, 2.05) is 0 Å². The number of amidine groups is 1. The van der Waals surface area contributed by atoms with E-state index in [9.17, 15) is 14.4 Å². The van der Waals surface area contributed by atoms with E-state index < -0.39 is 30.2 Å². The number of nitrogens with two attached hydrogens (primary N) is 2. The average molecular weight is 527 g/mol. The summed E-state index contributed by atoms with van der Waals surface area (Å²) >= 11 is 6.40. The van der Waals surface area contributed by atoms with E-state index >= 15 is 0 Å². The number of carbonyl (C=O) groups is 3. The summed E-state index contributed by atoms with van der Waals surface area (Å²) in [6, 6.07) is 13.5. The molecule has 11 heteroatoms. The Morgan fingerprint density at radius 3 is 2.32 bits per heavy atom. The van der Waals surface area contributed by atoms with Crippen molar-refractivity contribution in [3.8, 4) is 0 Å². The Morgan fingerprint density at radius 1 is 1.14 bits per heavy atom. The lowest BCUT2D eigenvalue weighted by atomic mass is 10.1. The van der Waals surface area contributed by atoms with E-state index in [0.29, 0.717) is 16.8 Å². The van der Waals surface area contributed by atoms with Gasteiger partial charge in [0, 0.05) is 34.9 Å². The Hall–Kier alpha value is -4.31. The number of rotatable bonds is 12. The number of allylic oxidation sites excluding steroid dienone is 1. The molecule has 2 aromatic rings. The molecule has 0 heterocycles. The maximum absolute atomic E-state index is 13.4. The maximum atomic E-state index is 13.4. The number of carboxylic acid groups (broad SMARTS) is 1. The van der Waals surface area contributed by atoms with Gasteiger partial charge in [-0.25, -0.2) is 0 Å². The molecule has 0 aliphatic carbocycles. The van der Waals surface area contributed by atoms with Crippen LogP contribution in [0.25, 0.3) is 5.70 Å². The van der Waals surface area contributed by atoms with E-state index in [1.165, 1.54) is 11.8 Å². The third-order valence-electron chi connectivity index (χ3n) is 5.36. The first kappa shape index (κ1) is 28.9. The molecule has 0 saturated carbocycles. The molecule has 0 aromatic heterocycles. The summed E-state index contributed by atoms with van der Waals surface area (Å²) in [6.07, 6.45) is 0. The summed E-state index contributed by atoms with van der Waals surface area (Å²) in [6.45, 7) is 6.55. The highest BCUT2D eigenvalue weighted by molar-refractivity contribution is 6.32. The molecule has 2 aromatic carbocycles. The lowest BCUT2D eigenvalue weighted by Gasteiger charge is -2.27. The molecule has 0 radical (unpaired) electrons. The van der Waals surface area contributed by atoms with Gasteiger partial charge in [0.05, 0.1) is 17.3 Å². The highest BCUT2D eigenvalue weighted by Crippen LogP contribution is 2.27. The molecule has 8 N–H and O–H groups in total. The predicted octanol–water partition coefficient (Wildman–Crippen LogP) is 2.45. The first-order valence-electron chi connectivity index (χ1n) is 11.3. The van der Waals surface area contributed by atoms with Gasteiger partial charge in [-0.3, -0.25) is 24.7 Å². The van der Waals surface area contributed by atoms with Crippen LogP contribution in [0.15, 0.2) is 65.8 Å². The number of nitrogens with zero attached hydrogens (tertiary/aromatic N) is 1. The van der Waals surface area contributed by atoms with Gasteiger partial charge in [-0.05, 0) is 24.6 Å². The molecular weight excluding hydrogens is 496 g/mol. The first-order chi connectivity index (χ1) is 17.4. The van der Waals surface area contributed by atoms with Crippen LogP contribution in [-0.4, -0.2) is 46.7 Å². The number of carbonyl (C=O) groups excluding carboxylic acids is 2. The van der Waals surface area contributed by atoms with Crippen molar-refractivity contribution in [2.24, 2.45) is 11.7 Å². The van der Waals surface area contributed by atoms with Crippen LogP contribution >= 0.6 is 11.6 Å². The number of nitrogen functional groups attached to an aromatic ring is 2. The number of hydrogen-bond acceptors (Lipinski definition) is 6. The summed E-state index contributed by atoms with van der Waals surface area (Å²) in [4.78, 5) is 38.7. The molecule has 2 rings (SSSR count). The quantitative estimate of drug-likeness (QED) is 0.106. The third-order valence-corrected chi connectivity index (χ3v) is 5.54. The molecular formula is C26H31ClN6O4. The molecule has 37 heavy (non-hydrogen) atoms. The van der Waals surface area contributed by atoms with Crippen LogP contribution < -0.4 is 22.1 Å². The molecule has 2 amide bonds. The van der Waals surface area contributed by atoms with Gasteiger partial charge in [-0.1, -0.05) is 61.5 Å². The Morgan fingerprint density at radius 2 is 1.78 bits per heavy atom. The fourth-order valence-electron chi connectivity index (χ4n) is 3.28. The Kier molecular flexibility index (Phi) is 10.3. The van der Waals surface area contributed by atoms with Gasteiger partial charge >= 0.3 is 5.97 Å². The zero-order valence-corrected chi connectivity index (χ0v) is 21.4. The lowest BCUT2D eigenvalue weighted by molar-refractivity contribution is -0.141. The van der Waals surface area contributed by atoms with Gasteiger partial charge in [0.2, 0.25) is 5.91 Å². The molecule has 0 aliphatic rings. The summed E-state index contributed by atoms with van der Waals surface area (Å²) in [5.74, 6) is -2.99. The Bertz CT molecular complexity index is 1220. The van der Waals surface area contributed by atoms with Crippen LogP contribution in [0.4, 0.5) is 5.69 Å². The number of benzene rings is 2. The number of nitrogens with one attached hydrogen (secondary N) is 3. The topological polar surface area (TPSA) is 175 Å². The standard InChI is InChI=1S/C26H31ClN6O4/c1-15(26(36)37)12-31-17(3)25(35)33(23(16(2)27)20-5-4-6-21(28)11-20)14-22(34)32-13-18-7-9-19(10-8-18)24(29)30/h4-11,15,31H,3,12-14,28H2,1-2H3,(H3,29,30)(H,32,34)(H,36,37)/b23-16+. The van der Waals surface area contributed by atoms with Crippen molar-refractivity contribution in [3.05, 3.63) is 82.5 Å². The van der Waals surface area contributed by atoms with E-state index in [4.69, 9.17) is 33.6 Å². The van der Waals surface area contributed by atoms with Gasteiger partial charge in [-0.2, -0.15) is 0 Å². The number of amides is 2. The Labute approximate surface area is 220 Å². The molecule has 0 saturated heterocycles. The second-order valence-corrected chi connectivity index (χ2v) is 8.95. The smallest absolute Gasteiger partial charge is 0.308 e. The number of aliphatic carboxylic acids is 1. The molecule has 0 fully saturated rings. The number of carboxylic acids is 1. The SMILES string of the molecule is C=C(NCC(C)C(=O)O)C(=O)N(CC(=O)NCc1ccc(C(=N)N)cc1)/C(=C(\C)Cl)c1cccc(N)c1.